The van der Waals surface area contributed by atoms with Crippen molar-refractivity contribution >= 4 is 17.9 Å². The molecule has 9 heteroatoms. The maximum atomic E-state index is 13.4. The molecule has 2 amide bonds. The molecule has 10 atom stereocenters. The molecule has 0 aromatic heterocycles. The van der Waals surface area contributed by atoms with Crippen LogP contribution in [0.1, 0.15) is 90.5 Å². The molecular weight excluding hydrogens is 608 g/mol. The number of aliphatic hydroxyl groups excluding tert-OH is 2. The Labute approximate surface area is 286 Å². The number of fused-ring (bicyclic) bond motifs is 5. The van der Waals surface area contributed by atoms with E-state index in [9.17, 15) is 24.9 Å². The van der Waals surface area contributed by atoms with Crippen LogP contribution in [0.2, 0.25) is 0 Å². The highest BCUT2D eigenvalue weighted by Gasteiger charge is 2.62. The van der Waals surface area contributed by atoms with Gasteiger partial charge in [-0.1, -0.05) is 20.8 Å². The van der Waals surface area contributed by atoms with Crippen LogP contribution in [-0.2, 0) is 9.59 Å². The second-order valence-electron chi connectivity index (χ2n) is 16.3. The Kier molecular flexibility index (Phi) is 10.1. The summed E-state index contributed by atoms with van der Waals surface area (Å²) in [5.74, 6) is 3.41. The molecule has 5 aliphatic rings. The first-order valence-corrected chi connectivity index (χ1v) is 18.5. The Hall–Kier alpha value is -2.78. The van der Waals surface area contributed by atoms with Gasteiger partial charge < -0.3 is 34.6 Å². The van der Waals surface area contributed by atoms with E-state index in [0.29, 0.717) is 73.7 Å². The number of aromatic hydroxyl groups is 1. The minimum Gasteiger partial charge on any atom is -0.502 e. The van der Waals surface area contributed by atoms with Gasteiger partial charge in [-0.05, 0) is 128 Å². The van der Waals surface area contributed by atoms with Gasteiger partial charge in [-0.25, -0.2) is 0 Å². The van der Waals surface area contributed by atoms with Crippen molar-refractivity contribution in [1.82, 2.24) is 9.80 Å². The Morgan fingerprint density at radius 2 is 1.54 bits per heavy atom. The molecule has 1 aromatic rings. The Bertz CT molecular complexity index is 1350. The number of ether oxygens (including phenoxy) is 2. The van der Waals surface area contributed by atoms with Crippen LogP contribution in [0.4, 0.5) is 0 Å². The first-order valence-electron chi connectivity index (χ1n) is 18.5. The molecule has 0 spiro atoms. The highest BCUT2D eigenvalue weighted by Crippen LogP contribution is 2.68. The molecule has 4 aliphatic carbocycles. The number of carbonyl (C=O) groups excluding carboxylic acids is 2. The van der Waals surface area contributed by atoms with Crippen molar-refractivity contribution in [2.45, 2.75) is 97.2 Å². The summed E-state index contributed by atoms with van der Waals surface area (Å²) in [6.45, 7) is 9.38. The average molecular weight is 667 g/mol. The summed E-state index contributed by atoms with van der Waals surface area (Å²) in [7, 11) is 2.93. The Morgan fingerprint density at radius 1 is 0.917 bits per heavy atom. The SMILES string of the molecule is COc1cc(/C=C/C(=O)N2CCN(C(=O)CC[C@@H](C)[C@H]3CC[C@H]4[C@@H]5[C@@H](O)C[C@@H]6C[C@H](O)CC[C@]6(C)[C@H]5CC[C@]34C)CC2)cc(OC)c1O. The van der Waals surface area contributed by atoms with Gasteiger partial charge >= 0.3 is 0 Å². The molecule has 6 rings (SSSR count). The lowest BCUT2D eigenvalue weighted by molar-refractivity contribution is -0.174. The molecular formula is C39H58N2O7. The fourth-order valence-electron chi connectivity index (χ4n) is 11.3. The van der Waals surface area contributed by atoms with E-state index in [-0.39, 0.29) is 52.1 Å². The normalized spacial score (nSPS) is 37.0. The van der Waals surface area contributed by atoms with Gasteiger partial charge in [-0.3, -0.25) is 9.59 Å². The number of amides is 2. The van der Waals surface area contributed by atoms with Crippen molar-refractivity contribution in [2.24, 2.45) is 46.3 Å². The van der Waals surface area contributed by atoms with Crippen LogP contribution < -0.4 is 9.47 Å². The van der Waals surface area contributed by atoms with Crippen LogP contribution in [0.3, 0.4) is 0 Å². The van der Waals surface area contributed by atoms with E-state index in [0.717, 1.165) is 32.1 Å². The lowest BCUT2D eigenvalue weighted by Gasteiger charge is -2.62. The van der Waals surface area contributed by atoms with Gasteiger partial charge in [0, 0.05) is 38.7 Å². The number of phenolic OH excluding ortho intramolecular Hbond substituents is 1. The monoisotopic (exact) mass is 666 g/mol. The lowest BCUT2D eigenvalue weighted by Crippen LogP contribution is -2.58. The van der Waals surface area contributed by atoms with E-state index in [4.69, 9.17) is 9.47 Å². The van der Waals surface area contributed by atoms with Crippen molar-refractivity contribution in [3.63, 3.8) is 0 Å². The third kappa shape index (κ3) is 6.34. The van der Waals surface area contributed by atoms with E-state index in [1.54, 1.807) is 23.1 Å². The van der Waals surface area contributed by atoms with Crippen molar-refractivity contribution in [2.75, 3.05) is 40.4 Å². The number of piperazine rings is 1. The summed E-state index contributed by atoms with van der Waals surface area (Å²) in [6, 6.07) is 3.29. The van der Waals surface area contributed by atoms with Crippen LogP contribution >= 0.6 is 0 Å². The van der Waals surface area contributed by atoms with Gasteiger partial charge in [-0.2, -0.15) is 0 Å². The molecule has 266 valence electrons. The van der Waals surface area contributed by atoms with Crippen LogP contribution in [0.25, 0.3) is 6.08 Å². The molecule has 48 heavy (non-hydrogen) atoms. The van der Waals surface area contributed by atoms with E-state index in [1.807, 2.05) is 4.90 Å². The largest absolute Gasteiger partial charge is 0.502 e. The van der Waals surface area contributed by atoms with E-state index in [1.165, 1.54) is 46.0 Å². The molecule has 0 radical (unpaired) electrons. The van der Waals surface area contributed by atoms with Crippen LogP contribution in [-0.4, -0.2) is 89.5 Å². The number of hydrogen-bond donors (Lipinski definition) is 3. The molecule has 0 unspecified atom stereocenters. The quantitative estimate of drug-likeness (QED) is 0.314. The molecule has 1 heterocycles. The Balaban J connectivity index is 0.995. The third-order valence-electron chi connectivity index (χ3n) is 14.1. The van der Waals surface area contributed by atoms with Gasteiger partial charge in [0.2, 0.25) is 17.6 Å². The first-order chi connectivity index (χ1) is 22.9. The molecule has 1 aliphatic heterocycles. The predicted molar refractivity (Wildman–Crippen MR) is 184 cm³/mol. The van der Waals surface area contributed by atoms with Gasteiger partial charge in [0.1, 0.15) is 0 Å². The predicted octanol–water partition coefficient (Wildman–Crippen LogP) is 5.50. The number of benzene rings is 1. The van der Waals surface area contributed by atoms with Crippen molar-refractivity contribution < 1.29 is 34.4 Å². The smallest absolute Gasteiger partial charge is 0.246 e. The summed E-state index contributed by atoms with van der Waals surface area (Å²) >= 11 is 0. The van der Waals surface area contributed by atoms with Crippen molar-refractivity contribution in [3.8, 4) is 17.2 Å². The number of hydrogen-bond acceptors (Lipinski definition) is 7. The molecule has 0 bridgehead atoms. The standard InChI is InChI=1S/C39H58N2O7/c1-24(28-8-9-29-36-30(13-15-39(28,29)3)38(2)14-12-27(42)22-26(38)23-31(36)43)6-10-34(44)40-16-18-41(19-17-40)35(45)11-7-25-20-32(47-4)37(46)33(21-25)48-5/h7,11,20-21,24,26-31,36,42-43,46H,6,8-10,12-19,22-23H2,1-5H3/b11-7+/t24-,26+,27-,28-,29+,30+,31+,36+,38+,39-/m1/s1. The zero-order chi connectivity index (χ0) is 34.4. The van der Waals surface area contributed by atoms with Crippen molar-refractivity contribution in [1.29, 1.82) is 0 Å². The fraction of sp³-hybridized carbons (Fsp3) is 0.744. The van der Waals surface area contributed by atoms with Gasteiger partial charge in [0.15, 0.2) is 11.5 Å². The molecule has 9 nitrogen and oxygen atoms in total. The number of methoxy groups -OCH3 is 2. The average Bonchev–Trinajstić information content (AvgIpc) is 3.44. The highest BCUT2D eigenvalue weighted by molar-refractivity contribution is 5.92. The van der Waals surface area contributed by atoms with Crippen LogP contribution in [0, 0.1) is 46.3 Å². The van der Waals surface area contributed by atoms with Gasteiger partial charge in [-0.15, -0.1) is 0 Å². The molecule has 1 saturated heterocycles. The maximum absolute atomic E-state index is 13.4. The van der Waals surface area contributed by atoms with Gasteiger partial charge in [0.25, 0.3) is 0 Å². The summed E-state index contributed by atoms with van der Waals surface area (Å²) in [6.07, 6.45) is 12.6. The van der Waals surface area contributed by atoms with Crippen LogP contribution in [0.5, 0.6) is 17.2 Å². The topological polar surface area (TPSA) is 120 Å². The van der Waals surface area contributed by atoms with E-state index < -0.39 is 0 Å². The van der Waals surface area contributed by atoms with E-state index in [2.05, 4.69) is 20.8 Å². The number of rotatable bonds is 8. The third-order valence-corrected chi connectivity index (χ3v) is 14.1. The summed E-state index contributed by atoms with van der Waals surface area (Å²) in [4.78, 5) is 30.0. The zero-order valence-electron chi connectivity index (χ0n) is 29.7. The second-order valence-corrected chi connectivity index (χ2v) is 16.3. The summed E-state index contributed by atoms with van der Waals surface area (Å²) < 4.78 is 10.4. The van der Waals surface area contributed by atoms with Gasteiger partial charge in [0.05, 0.1) is 26.4 Å². The second kappa shape index (κ2) is 13.9. The lowest BCUT2D eigenvalue weighted by atomic mass is 9.43. The zero-order valence-corrected chi connectivity index (χ0v) is 29.7. The van der Waals surface area contributed by atoms with Crippen molar-refractivity contribution in [3.05, 3.63) is 23.8 Å². The Morgan fingerprint density at radius 3 is 2.21 bits per heavy atom. The maximum Gasteiger partial charge on any atom is 0.246 e. The minimum absolute atomic E-state index is 0.0823. The molecule has 3 N–H and O–H groups in total. The highest BCUT2D eigenvalue weighted by atomic mass is 16.5. The minimum atomic E-state index is -0.264. The van der Waals surface area contributed by atoms with E-state index >= 15 is 0 Å². The molecule has 1 aromatic carbocycles. The molecule has 4 saturated carbocycles. The van der Waals surface area contributed by atoms with Crippen LogP contribution in [0.15, 0.2) is 18.2 Å². The number of aliphatic hydroxyl groups is 2. The number of phenols is 1. The summed E-state index contributed by atoms with van der Waals surface area (Å²) in [5.41, 5.74) is 1.12. The summed E-state index contributed by atoms with van der Waals surface area (Å²) in [5, 5.41) is 32.1. The number of nitrogens with zero attached hydrogens (tertiary/aromatic N) is 2. The fourth-order valence-corrected chi connectivity index (χ4v) is 11.3. The first kappa shape index (κ1) is 35.1. The molecule has 5 fully saturated rings. The number of carbonyl (C=O) groups is 2.